The molecule has 2 aromatic heterocycles. The zero-order chi connectivity index (χ0) is 11.5. The molecule has 0 aliphatic rings. The number of halogens is 1. The lowest BCUT2D eigenvalue weighted by molar-refractivity contribution is 0.102. The molecule has 0 bridgehead atoms. The summed E-state index contributed by atoms with van der Waals surface area (Å²) >= 11 is 3.75. The van der Waals surface area contributed by atoms with E-state index in [0.29, 0.717) is 11.4 Å². The number of hydrogen-bond acceptors (Lipinski definition) is 3. The van der Waals surface area contributed by atoms with Gasteiger partial charge < -0.3 is 5.32 Å². The number of carbonyl (C=O) groups is 1. The van der Waals surface area contributed by atoms with E-state index in [9.17, 15) is 4.79 Å². The van der Waals surface area contributed by atoms with E-state index in [-0.39, 0.29) is 5.91 Å². The van der Waals surface area contributed by atoms with E-state index in [4.69, 9.17) is 0 Å². The van der Waals surface area contributed by atoms with Gasteiger partial charge in [-0.1, -0.05) is 6.07 Å². The maximum atomic E-state index is 11.8. The van der Waals surface area contributed by atoms with Crippen molar-refractivity contribution >= 4 is 45.7 Å². The summed E-state index contributed by atoms with van der Waals surface area (Å²) in [5.41, 5.74) is 1.57. The van der Waals surface area contributed by atoms with Gasteiger partial charge in [-0.05, 0) is 47.7 Å². The van der Waals surface area contributed by atoms with Gasteiger partial charge in [0.25, 0.3) is 5.91 Å². The first-order chi connectivity index (χ1) is 7.65. The van der Waals surface area contributed by atoms with Gasteiger partial charge >= 0.3 is 0 Å². The molecule has 0 aliphatic carbocycles. The number of rotatable bonds is 2. The number of aryl methyl sites for hydroxylation is 1. The molecule has 0 spiro atoms. The molecule has 3 nitrogen and oxygen atoms in total. The summed E-state index contributed by atoms with van der Waals surface area (Å²) in [4.78, 5) is 16.0. The van der Waals surface area contributed by atoms with Crippen LogP contribution in [0, 0.1) is 9.81 Å². The summed E-state index contributed by atoms with van der Waals surface area (Å²) in [6.07, 6.45) is 0. The number of hydrogen-bond donors (Lipinski definition) is 1. The minimum atomic E-state index is -0.114. The molecule has 5 heteroatoms. The Morgan fingerprint density at radius 2 is 2.31 bits per heavy atom. The second-order valence-electron chi connectivity index (χ2n) is 3.26. The van der Waals surface area contributed by atoms with Crippen LogP contribution in [0.2, 0.25) is 0 Å². The Morgan fingerprint density at radius 3 is 2.94 bits per heavy atom. The van der Waals surface area contributed by atoms with E-state index in [1.165, 1.54) is 0 Å². The van der Waals surface area contributed by atoms with Crippen LogP contribution in [0.25, 0.3) is 0 Å². The van der Waals surface area contributed by atoms with Crippen molar-refractivity contribution in [3.05, 3.63) is 43.8 Å². The molecular formula is C11H9IN2OS. The summed E-state index contributed by atoms with van der Waals surface area (Å²) in [6, 6.07) is 7.40. The molecular weight excluding hydrogens is 335 g/mol. The Labute approximate surface area is 111 Å². The monoisotopic (exact) mass is 344 g/mol. The fourth-order valence-electron chi connectivity index (χ4n) is 1.23. The van der Waals surface area contributed by atoms with Crippen LogP contribution in [0.4, 0.5) is 5.82 Å². The van der Waals surface area contributed by atoms with Gasteiger partial charge in [0.2, 0.25) is 0 Å². The third-order valence-electron chi connectivity index (χ3n) is 1.96. The van der Waals surface area contributed by atoms with Crippen LogP contribution in [0.15, 0.2) is 29.6 Å². The fourth-order valence-corrected chi connectivity index (χ4v) is 2.56. The number of pyridine rings is 1. The molecule has 1 N–H and O–H groups in total. The third-order valence-corrected chi connectivity index (χ3v) is 3.75. The lowest BCUT2D eigenvalue weighted by Crippen LogP contribution is -2.12. The highest BCUT2D eigenvalue weighted by Crippen LogP contribution is 2.17. The van der Waals surface area contributed by atoms with Crippen LogP contribution in [0.5, 0.6) is 0 Å². The Bertz CT molecular complexity index is 524. The zero-order valence-corrected chi connectivity index (χ0v) is 11.5. The van der Waals surface area contributed by atoms with Crippen LogP contribution in [-0.4, -0.2) is 10.9 Å². The maximum Gasteiger partial charge on any atom is 0.257 e. The molecule has 0 aliphatic heterocycles. The normalized spacial score (nSPS) is 10.1. The van der Waals surface area contributed by atoms with Gasteiger partial charge in [-0.2, -0.15) is 0 Å². The minimum Gasteiger partial charge on any atom is -0.307 e. The van der Waals surface area contributed by atoms with Crippen molar-refractivity contribution in [1.82, 2.24) is 4.98 Å². The van der Waals surface area contributed by atoms with E-state index < -0.39 is 0 Å². The van der Waals surface area contributed by atoms with Crippen molar-refractivity contribution in [2.45, 2.75) is 6.92 Å². The number of carbonyl (C=O) groups excluding carboxylic acids is 1. The van der Waals surface area contributed by atoms with E-state index in [0.717, 1.165) is 8.58 Å². The Balaban J connectivity index is 2.13. The molecule has 16 heavy (non-hydrogen) atoms. The quantitative estimate of drug-likeness (QED) is 0.850. The summed E-state index contributed by atoms with van der Waals surface area (Å²) in [6.45, 7) is 1.89. The van der Waals surface area contributed by atoms with Gasteiger partial charge in [-0.3, -0.25) is 4.79 Å². The summed E-state index contributed by atoms with van der Waals surface area (Å²) in [5.74, 6) is 0.475. The predicted molar refractivity (Wildman–Crippen MR) is 74.0 cm³/mol. The molecule has 0 atom stereocenters. The average Bonchev–Trinajstić information content (AvgIpc) is 2.65. The van der Waals surface area contributed by atoms with E-state index >= 15 is 0 Å². The highest BCUT2D eigenvalue weighted by Gasteiger charge is 2.08. The standard InChI is InChI=1S/C11H9IN2OS/c1-7-3-2-4-10(13-7)14-11(15)8-5-9(12)16-6-8/h2-6H,1H3,(H,13,14,15). The molecule has 0 saturated carbocycles. The second kappa shape index (κ2) is 4.92. The average molecular weight is 344 g/mol. The number of amides is 1. The van der Waals surface area contributed by atoms with Gasteiger partial charge in [0.15, 0.2) is 0 Å². The van der Waals surface area contributed by atoms with Crippen LogP contribution in [0.1, 0.15) is 16.1 Å². The number of thiophene rings is 1. The highest BCUT2D eigenvalue weighted by molar-refractivity contribution is 14.1. The van der Waals surface area contributed by atoms with Gasteiger partial charge in [-0.25, -0.2) is 4.98 Å². The van der Waals surface area contributed by atoms with Crippen molar-refractivity contribution in [2.75, 3.05) is 5.32 Å². The van der Waals surface area contributed by atoms with Gasteiger partial charge in [-0.15, -0.1) is 11.3 Å². The van der Waals surface area contributed by atoms with Gasteiger partial charge in [0, 0.05) is 11.1 Å². The summed E-state index contributed by atoms with van der Waals surface area (Å²) in [7, 11) is 0. The van der Waals surface area contributed by atoms with Crippen molar-refractivity contribution in [3.63, 3.8) is 0 Å². The molecule has 0 fully saturated rings. The Hall–Kier alpha value is -0.950. The maximum absolute atomic E-state index is 11.8. The third kappa shape index (κ3) is 2.79. The molecule has 0 saturated heterocycles. The number of anilines is 1. The van der Waals surface area contributed by atoms with Crippen molar-refractivity contribution < 1.29 is 4.79 Å². The number of nitrogens with one attached hydrogen (secondary N) is 1. The first-order valence-corrected chi connectivity index (χ1v) is 6.60. The first kappa shape index (κ1) is 11.5. The topological polar surface area (TPSA) is 42.0 Å². The lowest BCUT2D eigenvalue weighted by Gasteiger charge is -2.02. The molecule has 0 aromatic carbocycles. The second-order valence-corrected chi connectivity index (χ2v) is 6.06. The zero-order valence-electron chi connectivity index (χ0n) is 8.53. The molecule has 2 aromatic rings. The Kier molecular flexibility index (Phi) is 3.55. The summed E-state index contributed by atoms with van der Waals surface area (Å²) in [5, 5.41) is 4.61. The predicted octanol–water partition coefficient (Wildman–Crippen LogP) is 3.31. The molecule has 2 rings (SSSR count). The SMILES string of the molecule is Cc1cccc(NC(=O)c2csc(I)c2)n1. The van der Waals surface area contributed by atoms with Crippen molar-refractivity contribution in [2.24, 2.45) is 0 Å². The first-order valence-electron chi connectivity index (χ1n) is 4.64. The van der Waals surface area contributed by atoms with Crippen LogP contribution in [0.3, 0.4) is 0 Å². The van der Waals surface area contributed by atoms with Crippen LogP contribution < -0.4 is 5.32 Å². The van der Waals surface area contributed by atoms with Crippen LogP contribution in [-0.2, 0) is 0 Å². The highest BCUT2D eigenvalue weighted by atomic mass is 127. The van der Waals surface area contributed by atoms with Crippen LogP contribution >= 0.6 is 33.9 Å². The molecule has 0 radical (unpaired) electrons. The van der Waals surface area contributed by atoms with Gasteiger partial charge in [0.1, 0.15) is 5.82 Å². The summed E-state index contributed by atoms with van der Waals surface area (Å²) < 4.78 is 1.10. The van der Waals surface area contributed by atoms with E-state index in [1.807, 2.05) is 30.5 Å². The number of nitrogens with zero attached hydrogens (tertiary/aromatic N) is 1. The minimum absolute atomic E-state index is 0.114. The molecule has 2 heterocycles. The van der Waals surface area contributed by atoms with Crippen molar-refractivity contribution in [3.8, 4) is 0 Å². The smallest absolute Gasteiger partial charge is 0.257 e. The lowest BCUT2D eigenvalue weighted by atomic mass is 10.3. The molecule has 1 amide bonds. The van der Waals surface area contributed by atoms with Gasteiger partial charge in [0.05, 0.1) is 8.45 Å². The molecule has 82 valence electrons. The Morgan fingerprint density at radius 1 is 1.50 bits per heavy atom. The molecule has 0 unspecified atom stereocenters. The van der Waals surface area contributed by atoms with E-state index in [1.54, 1.807) is 17.4 Å². The largest absolute Gasteiger partial charge is 0.307 e. The fraction of sp³-hybridized carbons (Fsp3) is 0.0909. The van der Waals surface area contributed by atoms with Crippen molar-refractivity contribution in [1.29, 1.82) is 0 Å². The number of aromatic nitrogens is 1. The van der Waals surface area contributed by atoms with E-state index in [2.05, 4.69) is 32.9 Å².